The number of piperidine rings is 1. The highest BCUT2D eigenvalue weighted by Gasteiger charge is 2.35. The van der Waals surface area contributed by atoms with Gasteiger partial charge in [0.05, 0.1) is 12.6 Å². The van der Waals surface area contributed by atoms with E-state index in [9.17, 15) is 5.11 Å². The van der Waals surface area contributed by atoms with Crippen LogP contribution in [0, 0.1) is 11.3 Å². The van der Waals surface area contributed by atoms with E-state index in [1.165, 1.54) is 38.9 Å². The Balaban J connectivity index is 1.86. The third kappa shape index (κ3) is 6.45. The lowest BCUT2D eigenvalue weighted by atomic mass is 9.73. The zero-order valence-electron chi connectivity index (χ0n) is 16.9. The summed E-state index contributed by atoms with van der Waals surface area (Å²) in [5.74, 6) is 1.66. The van der Waals surface area contributed by atoms with Gasteiger partial charge in [-0.15, -0.1) is 0 Å². The number of likely N-dealkylation sites (tertiary alicyclic amines) is 1. The van der Waals surface area contributed by atoms with E-state index in [0.29, 0.717) is 12.6 Å². The molecule has 0 aromatic heterocycles. The molecular weight excluding hydrogens is 312 g/mol. The number of aliphatic hydroxyl groups is 1. The standard InChI is InChI=1S/C20H40N4O/c1-5-21-19(22-15-20(4)11-7-6-8-18(20)25)23-17-9-12-24(13-10-17)14-16(2)3/h16-18,25H,5-15H2,1-4H3,(H2,21,22,23). The third-order valence-electron chi connectivity index (χ3n) is 5.77. The summed E-state index contributed by atoms with van der Waals surface area (Å²) >= 11 is 0. The van der Waals surface area contributed by atoms with E-state index in [0.717, 1.165) is 37.7 Å². The van der Waals surface area contributed by atoms with Crippen LogP contribution < -0.4 is 10.6 Å². The largest absolute Gasteiger partial charge is 0.392 e. The van der Waals surface area contributed by atoms with Gasteiger partial charge in [0.2, 0.25) is 0 Å². The number of aliphatic hydroxyl groups excluding tert-OH is 1. The minimum Gasteiger partial charge on any atom is -0.392 e. The summed E-state index contributed by atoms with van der Waals surface area (Å²) in [7, 11) is 0. The van der Waals surface area contributed by atoms with E-state index in [4.69, 9.17) is 4.99 Å². The fraction of sp³-hybridized carbons (Fsp3) is 0.950. The number of hydrogen-bond acceptors (Lipinski definition) is 3. The van der Waals surface area contributed by atoms with Crippen LogP contribution >= 0.6 is 0 Å². The first-order valence-electron chi connectivity index (χ1n) is 10.4. The fourth-order valence-electron chi connectivity index (χ4n) is 4.12. The van der Waals surface area contributed by atoms with Crippen molar-refractivity contribution in [2.24, 2.45) is 16.3 Å². The van der Waals surface area contributed by atoms with Gasteiger partial charge in [0.15, 0.2) is 5.96 Å². The summed E-state index contributed by atoms with van der Waals surface area (Å²) in [6, 6.07) is 0.505. The molecular formula is C20H40N4O. The van der Waals surface area contributed by atoms with Crippen LogP contribution in [0.2, 0.25) is 0 Å². The van der Waals surface area contributed by atoms with E-state index < -0.39 is 0 Å². The molecule has 146 valence electrons. The van der Waals surface area contributed by atoms with Gasteiger partial charge in [-0.2, -0.15) is 0 Å². The Kier molecular flexibility index (Phi) is 8.01. The predicted molar refractivity (Wildman–Crippen MR) is 106 cm³/mol. The third-order valence-corrected chi connectivity index (χ3v) is 5.77. The van der Waals surface area contributed by atoms with Gasteiger partial charge in [0.25, 0.3) is 0 Å². The summed E-state index contributed by atoms with van der Waals surface area (Å²) in [4.78, 5) is 7.42. The Labute approximate surface area is 154 Å². The molecule has 0 bridgehead atoms. The van der Waals surface area contributed by atoms with E-state index >= 15 is 0 Å². The zero-order chi connectivity index (χ0) is 18.3. The molecule has 3 N–H and O–H groups in total. The minimum absolute atomic E-state index is 0.0682. The molecule has 1 aliphatic carbocycles. The molecule has 5 nitrogen and oxygen atoms in total. The van der Waals surface area contributed by atoms with E-state index in [-0.39, 0.29) is 11.5 Å². The second-order valence-electron chi connectivity index (χ2n) is 8.72. The molecule has 1 heterocycles. The van der Waals surface area contributed by atoms with Crippen molar-refractivity contribution < 1.29 is 5.11 Å². The molecule has 0 radical (unpaired) electrons. The van der Waals surface area contributed by atoms with Gasteiger partial charge in [-0.25, -0.2) is 0 Å². The first-order valence-corrected chi connectivity index (χ1v) is 10.4. The lowest BCUT2D eigenvalue weighted by Gasteiger charge is -2.37. The van der Waals surface area contributed by atoms with Crippen LogP contribution in [0.5, 0.6) is 0 Å². The molecule has 0 aromatic carbocycles. The van der Waals surface area contributed by atoms with Crippen LogP contribution in [-0.2, 0) is 0 Å². The van der Waals surface area contributed by atoms with E-state index in [2.05, 4.69) is 43.2 Å². The Morgan fingerprint density at radius 3 is 2.56 bits per heavy atom. The van der Waals surface area contributed by atoms with Gasteiger partial charge < -0.3 is 20.6 Å². The van der Waals surface area contributed by atoms with E-state index in [1.54, 1.807) is 0 Å². The smallest absolute Gasteiger partial charge is 0.191 e. The van der Waals surface area contributed by atoms with Crippen molar-refractivity contribution in [3.8, 4) is 0 Å². The number of nitrogens with one attached hydrogen (secondary N) is 2. The molecule has 2 fully saturated rings. The lowest BCUT2D eigenvalue weighted by molar-refractivity contribution is 0.00715. The Hall–Kier alpha value is -0.810. The normalized spacial score (nSPS) is 29.8. The zero-order valence-corrected chi connectivity index (χ0v) is 16.9. The van der Waals surface area contributed by atoms with Crippen molar-refractivity contribution in [2.75, 3.05) is 32.7 Å². The fourth-order valence-corrected chi connectivity index (χ4v) is 4.12. The first-order chi connectivity index (χ1) is 11.9. The molecule has 2 atom stereocenters. The molecule has 0 aromatic rings. The van der Waals surface area contributed by atoms with Crippen LogP contribution in [-0.4, -0.2) is 60.8 Å². The average molecular weight is 353 g/mol. The van der Waals surface area contributed by atoms with E-state index in [1.807, 2.05) is 0 Å². The van der Waals surface area contributed by atoms with Gasteiger partial charge in [0, 0.05) is 37.6 Å². The van der Waals surface area contributed by atoms with Crippen LogP contribution in [0.25, 0.3) is 0 Å². The predicted octanol–water partition coefficient (Wildman–Crippen LogP) is 2.60. The minimum atomic E-state index is -0.216. The number of guanidine groups is 1. The van der Waals surface area contributed by atoms with Crippen LogP contribution in [0.15, 0.2) is 4.99 Å². The second kappa shape index (κ2) is 9.77. The molecule has 5 heteroatoms. The maximum Gasteiger partial charge on any atom is 0.191 e. The van der Waals surface area contributed by atoms with Crippen molar-refractivity contribution in [3.05, 3.63) is 0 Å². The molecule has 2 aliphatic rings. The van der Waals surface area contributed by atoms with Crippen LogP contribution in [0.3, 0.4) is 0 Å². The highest BCUT2D eigenvalue weighted by Crippen LogP contribution is 2.36. The summed E-state index contributed by atoms with van der Waals surface area (Å²) < 4.78 is 0. The number of rotatable bonds is 6. The van der Waals surface area contributed by atoms with Crippen molar-refractivity contribution in [1.82, 2.24) is 15.5 Å². The second-order valence-corrected chi connectivity index (χ2v) is 8.72. The molecule has 1 saturated heterocycles. The van der Waals surface area contributed by atoms with Gasteiger partial charge >= 0.3 is 0 Å². The molecule has 25 heavy (non-hydrogen) atoms. The number of aliphatic imine (C=N–C) groups is 1. The Bertz CT molecular complexity index is 418. The summed E-state index contributed by atoms with van der Waals surface area (Å²) in [5.41, 5.74) is -0.0682. The molecule has 1 saturated carbocycles. The van der Waals surface area contributed by atoms with Gasteiger partial charge in [-0.1, -0.05) is 33.6 Å². The maximum atomic E-state index is 10.4. The molecule has 2 rings (SSSR count). The summed E-state index contributed by atoms with van der Waals surface area (Å²) in [6.07, 6.45) is 6.49. The van der Waals surface area contributed by atoms with Crippen molar-refractivity contribution in [1.29, 1.82) is 0 Å². The molecule has 0 amide bonds. The van der Waals surface area contributed by atoms with Crippen LogP contribution in [0.1, 0.15) is 66.2 Å². The van der Waals surface area contributed by atoms with Crippen molar-refractivity contribution in [2.45, 2.75) is 78.4 Å². The lowest BCUT2D eigenvalue weighted by Crippen LogP contribution is -2.49. The Morgan fingerprint density at radius 1 is 1.24 bits per heavy atom. The van der Waals surface area contributed by atoms with Crippen molar-refractivity contribution in [3.63, 3.8) is 0 Å². The number of hydrogen-bond donors (Lipinski definition) is 3. The quantitative estimate of drug-likeness (QED) is 0.508. The summed E-state index contributed by atoms with van der Waals surface area (Å²) in [6.45, 7) is 14.0. The topological polar surface area (TPSA) is 59.9 Å². The number of nitrogens with zero attached hydrogens (tertiary/aromatic N) is 2. The SMILES string of the molecule is CCNC(=NCC1(C)CCCCC1O)NC1CCN(CC(C)C)CC1. The Morgan fingerprint density at radius 2 is 1.96 bits per heavy atom. The van der Waals surface area contributed by atoms with Gasteiger partial charge in [-0.3, -0.25) is 4.99 Å². The van der Waals surface area contributed by atoms with Crippen molar-refractivity contribution >= 4 is 5.96 Å². The highest BCUT2D eigenvalue weighted by atomic mass is 16.3. The molecule has 0 spiro atoms. The maximum absolute atomic E-state index is 10.4. The molecule has 1 aliphatic heterocycles. The monoisotopic (exact) mass is 352 g/mol. The van der Waals surface area contributed by atoms with Crippen LogP contribution in [0.4, 0.5) is 0 Å². The highest BCUT2D eigenvalue weighted by molar-refractivity contribution is 5.80. The molecule has 2 unspecified atom stereocenters. The summed E-state index contributed by atoms with van der Waals surface area (Å²) in [5, 5.41) is 17.4. The van der Waals surface area contributed by atoms with Gasteiger partial charge in [-0.05, 0) is 38.5 Å². The average Bonchev–Trinajstić information content (AvgIpc) is 2.57. The first kappa shape index (κ1) is 20.5. The van der Waals surface area contributed by atoms with Gasteiger partial charge in [0.1, 0.15) is 0 Å².